The maximum atomic E-state index is 12.1. The zero-order chi connectivity index (χ0) is 19.6. The molecule has 0 aliphatic heterocycles. The van der Waals surface area contributed by atoms with Gasteiger partial charge in [-0.05, 0) is 43.7 Å². The molecule has 0 heterocycles. The van der Waals surface area contributed by atoms with Crippen molar-refractivity contribution in [1.82, 2.24) is 0 Å². The van der Waals surface area contributed by atoms with Crippen LogP contribution < -0.4 is 25.8 Å². The minimum atomic E-state index is -0.318. The van der Waals surface area contributed by atoms with Crippen LogP contribution in [0, 0.1) is 0 Å². The van der Waals surface area contributed by atoms with Gasteiger partial charge in [0.25, 0.3) is 5.91 Å². The predicted molar refractivity (Wildman–Crippen MR) is 112 cm³/mol. The van der Waals surface area contributed by atoms with E-state index in [1.807, 2.05) is 13.0 Å². The number of rotatable bonds is 9. The number of halogens is 1. The summed E-state index contributed by atoms with van der Waals surface area (Å²) in [4.78, 5) is 24.0. The number of benzene rings is 2. The van der Waals surface area contributed by atoms with Crippen molar-refractivity contribution in [2.24, 2.45) is 5.73 Å². The summed E-state index contributed by atoms with van der Waals surface area (Å²) in [5, 5.41) is 5.53. The van der Waals surface area contributed by atoms with E-state index in [9.17, 15) is 9.59 Å². The summed E-state index contributed by atoms with van der Waals surface area (Å²) in [5.41, 5.74) is 6.82. The fraction of sp³-hybridized carbons (Fsp3) is 0.300. The molecule has 2 rings (SSSR count). The van der Waals surface area contributed by atoms with Gasteiger partial charge in [-0.1, -0.05) is 18.2 Å². The van der Waals surface area contributed by atoms with Gasteiger partial charge in [0, 0.05) is 23.8 Å². The molecule has 152 valence electrons. The summed E-state index contributed by atoms with van der Waals surface area (Å²) in [7, 11) is 1.54. The highest BCUT2D eigenvalue weighted by Gasteiger charge is 2.09. The fourth-order valence-electron chi connectivity index (χ4n) is 2.34. The first kappa shape index (κ1) is 23.3. The number of anilines is 2. The molecule has 28 heavy (non-hydrogen) atoms. The lowest BCUT2D eigenvalue weighted by atomic mass is 10.2. The highest BCUT2D eigenvalue weighted by atomic mass is 35.5. The molecule has 4 N–H and O–H groups in total. The first-order valence-electron chi connectivity index (χ1n) is 8.69. The van der Waals surface area contributed by atoms with Gasteiger partial charge in [-0.25, -0.2) is 0 Å². The van der Waals surface area contributed by atoms with Crippen LogP contribution in [0.15, 0.2) is 48.5 Å². The molecule has 8 heteroatoms. The normalized spacial score (nSPS) is 11.0. The summed E-state index contributed by atoms with van der Waals surface area (Å²) >= 11 is 0. The number of amides is 2. The van der Waals surface area contributed by atoms with Crippen molar-refractivity contribution in [3.63, 3.8) is 0 Å². The number of carbonyl (C=O) groups excluding carboxylic acids is 2. The lowest BCUT2D eigenvalue weighted by molar-refractivity contribution is -0.118. The van der Waals surface area contributed by atoms with Crippen LogP contribution in [0.4, 0.5) is 11.4 Å². The third kappa shape index (κ3) is 7.85. The van der Waals surface area contributed by atoms with E-state index in [-0.39, 0.29) is 36.9 Å². The predicted octanol–water partition coefficient (Wildman–Crippen LogP) is 3.20. The summed E-state index contributed by atoms with van der Waals surface area (Å²) in [5.74, 6) is 0.615. The molecule has 0 fully saturated rings. The minimum absolute atomic E-state index is 0. The topological polar surface area (TPSA) is 103 Å². The van der Waals surface area contributed by atoms with Gasteiger partial charge < -0.3 is 25.8 Å². The largest absolute Gasteiger partial charge is 0.493 e. The highest BCUT2D eigenvalue weighted by Crippen LogP contribution is 2.25. The molecule has 0 radical (unpaired) electrons. The Labute approximate surface area is 171 Å². The Kier molecular flexibility index (Phi) is 9.84. The second-order valence-electron chi connectivity index (χ2n) is 6.13. The SMILES string of the molecule is COc1ccccc1OCC(=O)Nc1cccc(NC(=O)CCC(C)N)c1.Cl. The van der Waals surface area contributed by atoms with E-state index in [1.54, 1.807) is 42.5 Å². The zero-order valence-corrected chi connectivity index (χ0v) is 16.8. The van der Waals surface area contributed by atoms with Crippen LogP contribution in [-0.4, -0.2) is 31.6 Å². The van der Waals surface area contributed by atoms with Gasteiger partial charge in [0.15, 0.2) is 18.1 Å². The van der Waals surface area contributed by atoms with Gasteiger partial charge in [-0.15, -0.1) is 12.4 Å². The third-order valence-corrected chi connectivity index (χ3v) is 3.68. The Balaban J connectivity index is 0.00000392. The van der Waals surface area contributed by atoms with Crippen molar-refractivity contribution in [3.05, 3.63) is 48.5 Å². The first-order valence-corrected chi connectivity index (χ1v) is 8.69. The van der Waals surface area contributed by atoms with Crippen LogP contribution >= 0.6 is 12.4 Å². The van der Waals surface area contributed by atoms with Crippen molar-refractivity contribution in [2.75, 3.05) is 24.4 Å². The molecule has 7 nitrogen and oxygen atoms in total. The van der Waals surface area contributed by atoms with E-state index in [0.717, 1.165) is 0 Å². The molecule has 0 aromatic heterocycles. The van der Waals surface area contributed by atoms with Gasteiger partial charge in [0.05, 0.1) is 7.11 Å². The van der Waals surface area contributed by atoms with E-state index in [1.165, 1.54) is 7.11 Å². The van der Waals surface area contributed by atoms with E-state index < -0.39 is 0 Å². The Morgan fingerprint density at radius 2 is 1.61 bits per heavy atom. The van der Waals surface area contributed by atoms with E-state index in [4.69, 9.17) is 15.2 Å². The molecule has 0 saturated heterocycles. The van der Waals surface area contributed by atoms with Crippen molar-refractivity contribution in [1.29, 1.82) is 0 Å². The average molecular weight is 408 g/mol. The Morgan fingerprint density at radius 3 is 2.21 bits per heavy atom. The minimum Gasteiger partial charge on any atom is -0.493 e. The molecular weight excluding hydrogens is 382 g/mol. The lowest BCUT2D eigenvalue weighted by Gasteiger charge is -2.11. The maximum Gasteiger partial charge on any atom is 0.262 e. The molecule has 0 aliphatic carbocycles. The highest BCUT2D eigenvalue weighted by molar-refractivity contribution is 5.94. The summed E-state index contributed by atoms with van der Waals surface area (Å²) in [6.45, 7) is 1.70. The van der Waals surface area contributed by atoms with Crippen molar-refractivity contribution in [3.8, 4) is 11.5 Å². The molecule has 1 atom stereocenters. The molecule has 2 amide bonds. The molecule has 2 aromatic carbocycles. The lowest BCUT2D eigenvalue weighted by Crippen LogP contribution is -2.21. The summed E-state index contributed by atoms with van der Waals surface area (Å²) in [6.07, 6.45) is 0.962. The Bertz CT molecular complexity index is 784. The first-order chi connectivity index (χ1) is 13.0. The number of hydrogen-bond acceptors (Lipinski definition) is 5. The Morgan fingerprint density at radius 1 is 1.00 bits per heavy atom. The number of para-hydroxylation sites is 2. The van der Waals surface area contributed by atoms with Crippen LogP contribution in [0.5, 0.6) is 11.5 Å². The molecule has 2 aromatic rings. The molecule has 0 spiro atoms. The Hall–Kier alpha value is -2.77. The van der Waals surface area contributed by atoms with Crippen molar-refractivity contribution >= 4 is 35.6 Å². The standard InChI is InChI=1S/C20H25N3O4.ClH/c1-14(21)10-11-19(24)22-15-6-5-7-16(12-15)23-20(25)13-27-18-9-4-3-8-17(18)26-2;/h3-9,12,14H,10-11,13,21H2,1-2H3,(H,22,24)(H,23,25);1H. The van der Waals surface area contributed by atoms with Gasteiger partial charge >= 0.3 is 0 Å². The van der Waals surface area contributed by atoms with Crippen LogP contribution in [-0.2, 0) is 9.59 Å². The van der Waals surface area contributed by atoms with Crippen LogP contribution in [0.2, 0.25) is 0 Å². The number of nitrogens with one attached hydrogen (secondary N) is 2. The van der Waals surface area contributed by atoms with Crippen LogP contribution in [0.3, 0.4) is 0 Å². The van der Waals surface area contributed by atoms with Gasteiger partial charge in [0.1, 0.15) is 0 Å². The summed E-state index contributed by atoms with van der Waals surface area (Å²) in [6, 6.07) is 14.0. The second-order valence-corrected chi connectivity index (χ2v) is 6.13. The quantitative estimate of drug-likeness (QED) is 0.592. The monoisotopic (exact) mass is 407 g/mol. The third-order valence-electron chi connectivity index (χ3n) is 3.68. The van der Waals surface area contributed by atoms with Crippen molar-refractivity contribution < 1.29 is 19.1 Å². The smallest absolute Gasteiger partial charge is 0.262 e. The molecule has 0 aliphatic rings. The van der Waals surface area contributed by atoms with E-state index in [0.29, 0.717) is 35.7 Å². The molecular formula is C20H26ClN3O4. The van der Waals surface area contributed by atoms with E-state index >= 15 is 0 Å². The maximum absolute atomic E-state index is 12.1. The van der Waals surface area contributed by atoms with Gasteiger partial charge in [0.2, 0.25) is 5.91 Å². The number of carbonyl (C=O) groups is 2. The summed E-state index contributed by atoms with van der Waals surface area (Å²) < 4.78 is 10.7. The number of hydrogen-bond donors (Lipinski definition) is 3. The van der Waals surface area contributed by atoms with Crippen LogP contribution in [0.1, 0.15) is 19.8 Å². The van der Waals surface area contributed by atoms with Gasteiger partial charge in [-0.3, -0.25) is 9.59 Å². The zero-order valence-electron chi connectivity index (χ0n) is 15.9. The molecule has 1 unspecified atom stereocenters. The van der Waals surface area contributed by atoms with E-state index in [2.05, 4.69) is 10.6 Å². The molecule has 0 bridgehead atoms. The van der Waals surface area contributed by atoms with Gasteiger partial charge in [-0.2, -0.15) is 0 Å². The second kappa shape index (κ2) is 11.8. The number of methoxy groups -OCH3 is 1. The number of nitrogens with two attached hydrogens (primary N) is 1. The number of ether oxygens (including phenoxy) is 2. The average Bonchev–Trinajstić information content (AvgIpc) is 2.65. The molecule has 0 saturated carbocycles. The fourth-order valence-corrected chi connectivity index (χ4v) is 2.34. The van der Waals surface area contributed by atoms with Crippen LogP contribution in [0.25, 0.3) is 0 Å². The van der Waals surface area contributed by atoms with Crippen molar-refractivity contribution in [2.45, 2.75) is 25.8 Å².